The summed E-state index contributed by atoms with van der Waals surface area (Å²) >= 11 is 7.79. The van der Waals surface area contributed by atoms with Gasteiger partial charge in [-0.25, -0.2) is 9.97 Å². The van der Waals surface area contributed by atoms with Gasteiger partial charge in [-0.05, 0) is 29.8 Å². The molecule has 24 heavy (non-hydrogen) atoms. The number of allylic oxidation sites excluding steroid dienone is 5. The monoisotopic (exact) mass is 356 g/mol. The largest absolute Gasteiger partial charge is 0.512 e. The molecule has 1 N–H and O–H groups in total. The highest BCUT2D eigenvalue weighted by Crippen LogP contribution is 2.37. The van der Waals surface area contributed by atoms with Crippen molar-refractivity contribution in [2.24, 2.45) is 0 Å². The van der Waals surface area contributed by atoms with Crippen LogP contribution in [-0.4, -0.2) is 15.1 Å². The predicted molar refractivity (Wildman–Crippen MR) is 104 cm³/mol. The maximum Gasteiger partial charge on any atom is 0.223 e. The molecule has 3 aromatic rings. The number of hydrogen-bond acceptors (Lipinski definition) is 4. The first-order valence-corrected chi connectivity index (χ1v) is 9.03. The fraction of sp³-hybridized carbons (Fsp3) is 0.158. The maximum absolute atomic E-state index is 9.65. The van der Waals surface area contributed by atoms with E-state index < -0.39 is 0 Å². The Hall–Kier alpha value is -2.17. The van der Waals surface area contributed by atoms with Crippen LogP contribution in [0.15, 0.2) is 54.3 Å². The molecule has 0 spiro atoms. The third-order valence-corrected chi connectivity index (χ3v) is 4.88. The molecule has 4 rings (SSSR count). The molecule has 0 bridgehead atoms. The van der Waals surface area contributed by atoms with Crippen LogP contribution in [0.1, 0.15) is 26.0 Å². The summed E-state index contributed by atoms with van der Waals surface area (Å²) in [5.41, 5.74) is 2.60. The van der Waals surface area contributed by atoms with Crippen molar-refractivity contribution in [1.29, 1.82) is 0 Å². The molecule has 0 unspecified atom stereocenters. The number of fused-ring (bicyclic) bond motifs is 3. The van der Waals surface area contributed by atoms with Crippen LogP contribution >= 0.6 is 22.9 Å². The van der Waals surface area contributed by atoms with E-state index >= 15 is 0 Å². The second-order valence-corrected chi connectivity index (χ2v) is 6.39. The van der Waals surface area contributed by atoms with E-state index in [0.29, 0.717) is 12.2 Å². The number of aliphatic hydroxyl groups is 1. The van der Waals surface area contributed by atoms with Gasteiger partial charge in [0.25, 0.3) is 0 Å². The summed E-state index contributed by atoms with van der Waals surface area (Å²) < 4.78 is 2.17. The molecule has 0 amide bonds. The van der Waals surface area contributed by atoms with E-state index in [2.05, 4.69) is 16.0 Å². The minimum absolute atomic E-state index is 0.234. The number of thiophene rings is 1. The molecular formula is C19H17ClN2OS. The highest BCUT2D eigenvalue weighted by molar-refractivity contribution is 7.26. The first-order valence-electron chi connectivity index (χ1n) is 7.84. The summed E-state index contributed by atoms with van der Waals surface area (Å²) in [7, 11) is 0. The smallest absolute Gasteiger partial charge is 0.223 e. The SMILES string of the molecule is CC.OC1=CC=C(c2nc(Cl)nc3c2sc2ccccc23)C=CC1. The number of nitrogens with zero attached hydrogens (tertiary/aromatic N) is 2. The molecule has 0 radical (unpaired) electrons. The summed E-state index contributed by atoms with van der Waals surface area (Å²) in [4.78, 5) is 8.83. The van der Waals surface area contributed by atoms with Crippen molar-refractivity contribution in [3.05, 3.63) is 65.3 Å². The molecule has 5 heteroatoms. The van der Waals surface area contributed by atoms with Crippen LogP contribution in [0.4, 0.5) is 0 Å². The van der Waals surface area contributed by atoms with Crippen molar-refractivity contribution in [1.82, 2.24) is 9.97 Å². The fourth-order valence-electron chi connectivity index (χ4n) is 2.53. The summed E-state index contributed by atoms with van der Waals surface area (Å²) in [6.07, 6.45) is 7.96. The molecule has 0 fully saturated rings. The lowest BCUT2D eigenvalue weighted by Crippen LogP contribution is -1.91. The van der Waals surface area contributed by atoms with Crippen molar-refractivity contribution in [3.63, 3.8) is 0 Å². The normalized spacial score (nSPS) is 14.0. The van der Waals surface area contributed by atoms with Crippen LogP contribution in [0, 0.1) is 0 Å². The summed E-state index contributed by atoms with van der Waals surface area (Å²) in [5.74, 6) is 0.332. The second-order valence-electron chi connectivity index (χ2n) is 5.00. The van der Waals surface area contributed by atoms with Crippen LogP contribution in [0.3, 0.4) is 0 Å². The van der Waals surface area contributed by atoms with Crippen molar-refractivity contribution >= 4 is 48.8 Å². The highest BCUT2D eigenvalue weighted by Gasteiger charge is 2.15. The van der Waals surface area contributed by atoms with Crippen LogP contribution in [-0.2, 0) is 0 Å². The molecule has 1 aliphatic rings. The van der Waals surface area contributed by atoms with Gasteiger partial charge in [-0.1, -0.05) is 44.2 Å². The Morgan fingerprint density at radius 1 is 1.12 bits per heavy atom. The number of rotatable bonds is 1. The van der Waals surface area contributed by atoms with E-state index in [-0.39, 0.29) is 5.28 Å². The molecule has 0 saturated carbocycles. The van der Waals surface area contributed by atoms with E-state index in [1.807, 2.05) is 50.3 Å². The number of hydrogen-bond donors (Lipinski definition) is 1. The average molecular weight is 357 g/mol. The molecule has 0 saturated heterocycles. The van der Waals surface area contributed by atoms with Crippen molar-refractivity contribution in [2.45, 2.75) is 20.3 Å². The highest BCUT2D eigenvalue weighted by atomic mass is 35.5. The van der Waals surface area contributed by atoms with E-state index in [1.165, 1.54) is 0 Å². The Morgan fingerprint density at radius 2 is 1.92 bits per heavy atom. The lowest BCUT2D eigenvalue weighted by Gasteiger charge is -2.03. The molecule has 2 aromatic heterocycles. The molecule has 122 valence electrons. The van der Waals surface area contributed by atoms with E-state index in [9.17, 15) is 5.11 Å². The van der Waals surface area contributed by atoms with Gasteiger partial charge in [0, 0.05) is 22.1 Å². The lowest BCUT2D eigenvalue weighted by molar-refractivity contribution is 0.402. The van der Waals surface area contributed by atoms with Gasteiger partial charge in [-0.15, -0.1) is 11.3 Å². The van der Waals surface area contributed by atoms with Gasteiger partial charge in [0.15, 0.2) is 0 Å². The van der Waals surface area contributed by atoms with Crippen molar-refractivity contribution in [3.8, 4) is 0 Å². The van der Waals surface area contributed by atoms with Crippen LogP contribution in [0.5, 0.6) is 0 Å². The topological polar surface area (TPSA) is 46.0 Å². The zero-order valence-electron chi connectivity index (χ0n) is 13.5. The number of benzene rings is 1. The van der Waals surface area contributed by atoms with Crippen LogP contribution in [0.2, 0.25) is 5.28 Å². The van der Waals surface area contributed by atoms with Gasteiger partial charge in [0.2, 0.25) is 5.28 Å². The average Bonchev–Trinajstić information content (AvgIpc) is 2.83. The molecule has 0 aliphatic heterocycles. The van der Waals surface area contributed by atoms with Gasteiger partial charge < -0.3 is 5.11 Å². The Balaban J connectivity index is 0.000000815. The molecule has 1 aliphatic carbocycles. The minimum atomic E-state index is 0.234. The third-order valence-electron chi connectivity index (χ3n) is 3.55. The zero-order chi connectivity index (χ0) is 17.1. The number of aromatic nitrogens is 2. The zero-order valence-corrected chi connectivity index (χ0v) is 15.0. The Bertz CT molecular complexity index is 986. The van der Waals surface area contributed by atoms with Crippen molar-refractivity contribution < 1.29 is 5.11 Å². The molecule has 2 heterocycles. The van der Waals surface area contributed by atoms with Gasteiger partial charge in [0.05, 0.1) is 21.7 Å². The Kier molecular flexibility index (Phi) is 4.97. The van der Waals surface area contributed by atoms with Gasteiger partial charge in [0.1, 0.15) is 0 Å². The second kappa shape index (κ2) is 7.16. The van der Waals surface area contributed by atoms with Crippen LogP contribution in [0.25, 0.3) is 25.9 Å². The first kappa shape index (κ1) is 16.7. The number of halogens is 1. The summed E-state index contributed by atoms with van der Waals surface area (Å²) in [6.45, 7) is 4.00. The van der Waals surface area contributed by atoms with E-state index in [4.69, 9.17) is 11.6 Å². The lowest BCUT2D eigenvalue weighted by atomic mass is 10.1. The molecule has 3 nitrogen and oxygen atoms in total. The Morgan fingerprint density at radius 3 is 2.75 bits per heavy atom. The van der Waals surface area contributed by atoms with Gasteiger partial charge >= 0.3 is 0 Å². The van der Waals surface area contributed by atoms with Gasteiger partial charge in [-0.3, -0.25) is 0 Å². The fourth-order valence-corrected chi connectivity index (χ4v) is 3.86. The maximum atomic E-state index is 9.65. The molecule has 1 aromatic carbocycles. The van der Waals surface area contributed by atoms with Gasteiger partial charge in [-0.2, -0.15) is 0 Å². The Labute approximate surface area is 149 Å². The first-order chi connectivity index (χ1) is 11.7. The number of aliphatic hydroxyl groups excluding tert-OH is 1. The van der Waals surface area contributed by atoms with E-state index in [0.717, 1.165) is 31.6 Å². The van der Waals surface area contributed by atoms with Crippen molar-refractivity contribution in [2.75, 3.05) is 0 Å². The summed E-state index contributed by atoms with van der Waals surface area (Å²) in [5, 5.41) is 11.0. The molecular weight excluding hydrogens is 340 g/mol. The molecule has 0 atom stereocenters. The van der Waals surface area contributed by atoms with E-state index in [1.54, 1.807) is 17.4 Å². The third kappa shape index (κ3) is 3.07. The van der Waals surface area contributed by atoms with Crippen LogP contribution < -0.4 is 0 Å². The quantitative estimate of drug-likeness (QED) is 0.519. The predicted octanol–water partition coefficient (Wildman–Crippen LogP) is 6.31. The minimum Gasteiger partial charge on any atom is -0.512 e. The standard InChI is InChI=1S/C17H11ClN2OS.C2H6/c18-17-19-14(10-4-3-5-11(21)9-8-10)16-15(20-17)12-6-1-2-7-13(12)22-16;1-2/h1-4,6-9,21H,5H2;1-2H3. The summed E-state index contributed by atoms with van der Waals surface area (Å²) in [6, 6.07) is 8.13.